The molecule has 1 amide bonds. The molecular weight excluding hydrogens is 356 g/mol. The normalized spacial score (nSPS) is 10.1. The van der Waals surface area contributed by atoms with Crippen molar-refractivity contribution < 1.29 is 19.4 Å². The van der Waals surface area contributed by atoms with Crippen molar-refractivity contribution in [1.29, 1.82) is 0 Å². The van der Waals surface area contributed by atoms with Gasteiger partial charge in [-0.1, -0.05) is 25.1 Å². The van der Waals surface area contributed by atoms with Crippen LogP contribution in [0.5, 0.6) is 11.5 Å². The number of aliphatic carboxylic acids is 1. The Morgan fingerprint density at radius 1 is 1.00 bits per heavy atom. The predicted octanol–water partition coefficient (Wildman–Crippen LogP) is 3.64. The summed E-state index contributed by atoms with van der Waals surface area (Å²) in [6.45, 7) is 2.40. The maximum Gasteiger partial charge on any atom is 0.317 e. The highest BCUT2D eigenvalue weighted by Gasteiger charge is 2.13. The number of carboxylic acids is 1. The van der Waals surface area contributed by atoms with Crippen molar-refractivity contribution in [3.63, 3.8) is 0 Å². The minimum Gasteiger partial charge on any atom is -0.480 e. The summed E-state index contributed by atoms with van der Waals surface area (Å²) >= 11 is 0. The van der Waals surface area contributed by atoms with Crippen LogP contribution in [-0.4, -0.2) is 41.5 Å². The summed E-state index contributed by atoms with van der Waals surface area (Å²) in [4.78, 5) is 24.5. The van der Waals surface area contributed by atoms with Gasteiger partial charge in [0, 0.05) is 5.69 Å². The number of rotatable bonds is 9. The Kier molecular flexibility index (Phi) is 9.19. The first-order valence-corrected chi connectivity index (χ1v) is 8.14. The number of carbonyl (C=O) groups excluding carboxylic acids is 1. The van der Waals surface area contributed by atoms with Crippen molar-refractivity contribution in [2.75, 3.05) is 25.0 Å². The lowest BCUT2D eigenvalue weighted by atomic mass is 10.3. The molecule has 2 aromatic rings. The Hall–Kier alpha value is -2.57. The number of carbonyl (C=O) groups is 2. The molecule has 26 heavy (non-hydrogen) atoms. The molecule has 6 nitrogen and oxygen atoms in total. The van der Waals surface area contributed by atoms with E-state index in [2.05, 4.69) is 5.32 Å². The number of nitrogens with zero attached hydrogens (tertiary/aromatic N) is 1. The average molecular weight is 379 g/mol. The van der Waals surface area contributed by atoms with E-state index >= 15 is 0 Å². The maximum atomic E-state index is 12.1. The smallest absolute Gasteiger partial charge is 0.317 e. The fourth-order valence-corrected chi connectivity index (χ4v) is 2.36. The molecule has 0 unspecified atom stereocenters. The number of halogens is 1. The lowest BCUT2D eigenvalue weighted by molar-refractivity contribution is -0.138. The molecule has 0 aliphatic heterocycles. The Labute approximate surface area is 159 Å². The van der Waals surface area contributed by atoms with Gasteiger partial charge in [0.1, 0.15) is 11.5 Å². The summed E-state index contributed by atoms with van der Waals surface area (Å²) in [5.41, 5.74) is 0.636. The molecule has 2 aromatic carbocycles. The third-order valence-corrected chi connectivity index (χ3v) is 3.38. The summed E-state index contributed by atoms with van der Waals surface area (Å²) < 4.78 is 5.69. The van der Waals surface area contributed by atoms with E-state index in [1.165, 1.54) is 0 Å². The van der Waals surface area contributed by atoms with Crippen LogP contribution in [0.2, 0.25) is 0 Å². The number of benzene rings is 2. The van der Waals surface area contributed by atoms with Gasteiger partial charge in [-0.15, -0.1) is 12.4 Å². The number of carboxylic acid groups (broad SMARTS) is 1. The van der Waals surface area contributed by atoms with Crippen molar-refractivity contribution in [2.24, 2.45) is 0 Å². The lowest BCUT2D eigenvalue weighted by Crippen LogP contribution is -2.37. The number of hydrogen-bond acceptors (Lipinski definition) is 4. The van der Waals surface area contributed by atoms with Gasteiger partial charge in [-0.3, -0.25) is 14.5 Å². The molecule has 0 saturated heterocycles. The van der Waals surface area contributed by atoms with Gasteiger partial charge in [-0.25, -0.2) is 0 Å². The Morgan fingerprint density at radius 3 is 2.19 bits per heavy atom. The van der Waals surface area contributed by atoms with E-state index in [0.29, 0.717) is 18.0 Å². The fraction of sp³-hybridized carbons (Fsp3) is 0.263. The molecule has 2 N–H and O–H groups in total. The van der Waals surface area contributed by atoms with E-state index < -0.39 is 5.97 Å². The van der Waals surface area contributed by atoms with Crippen molar-refractivity contribution in [3.05, 3.63) is 54.6 Å². The lowest BCUT2D eigenvalue weighted by Gasteiger charge is -2.18. The Morgan fingerprint density at radius 2 is 1.62 bits per heavy atom. The summed E-state index contributed by atoms with van der Waals surface area (Å²) in [6.07, 6.45) is 0.784. The number of anilines is 1. The van der Waals surface area contributed by atoms with Gasteiger partial charge >= 0.3 is 5.97 Å². The van der Waals surface area contributed by atoms with Crippen LogP contribution in [0.1, 0.15) is 13.3 Å². The van der Waals surface area contributed by atoms with E-state index in [4.69, 9.17) is 9.84 Å². The van der Waals surface area contributed by atoms with Crippen LogP contribution in [0.4, 0.5) is 5.69 Å². The number of nitrogens with one attached hydrogen (secondary N) is 1. The van der Waals surface area contributed by atoms with E-state index in [9.17, 15) is 9.59 Å². The summed E-state index contributed by atoms with van der Waals surface area (Å²) in [6, 6.07) is 16.5. The van der Waals surface area contributed by atoms with Gasteiger partial charge in [0.2, 0.25) is 5.91 Å². The van der Waals surface area contributed by atoms with Crippen LogP contribution in [0, 0.1) is 0 Å². The van der Waals surface area contributed by atoms with Gasteiger partial charge in [0.05, 0.1) is 13.1 Å². The molecule has 0 aliphatic rings. The van der Waals surface area contributed by atoms with Crippen molar-refractivity contribution in [1.82, 2.24) is 4.90 Å². The quantitative estimate of drug-likeness (QED) is 0.696. The molecule has 7 heteroatoms. The Bertz CT molecular complexity index is 692. The number of para-hydroxylation sites is 1. The third kappa shape index (κ3) is 7.55. The van der Waals surface area contributed by atoms with Crippen LogP contribution >= 0.6 is 12.4 Å². The van der Waals surface area contributed by atoms with E-state index in [1.54, 1.807) is 29.2 Å². The van der Waals surface area contributed by atoms with Crippen molar-refractivity contribution in [3.8, 4) is 11.5 Å². The number of amides is 1. The van der Waals surface area contributed by atoms with Gasteiger partial charge in [-0.2, -0.15) is 0 Å². The van der Waals surface area contributed by atoms with Crippen LogP contribution in [-0.2, 0) is 9.59 Å². The molecule has 0 spiro atoms. The molecule has 0 saturated carbocycles. The highest BCUT2D eigenvalue weighted by Crippen LogP contribution is 2.22. The van der Waals surface area contributed by atoms with Gasteiger partial charge in [0.15, 0.2) is 0 Å². The molecule has 0 heterocycles. The second-order valence-corrected chi connectivity index (χ2v) is 5.59. The van der Waals surface area contributed by atoms with Gasteiger partial charge < -0.3 is 15.2 Å². The first-order chi connectivity index (χ1) is 12.1. The first-order valence-electron chi connectivity index (χ1n) is 8.14. The van der Waals surface area contributed by atoms with E-state index in [1.807, 2.05) is 37.3 Å². The second kappa shape index (κ2) is 11.1. The highest BCUT2D eigenvalue weighted by molar-refractivity contribution is 5.92. The molecule has 2 rings (SSSR count). The topological polar surface area (TPSA) is 78.9 Å². The largest absolute Gasteiger partial charge is 0.480 e. The molecule has 140 valence electrons. The highest BCUT2D eigenvalue weighted by atomic mass is 35.5. The monoisotopic (exact) mass is 378 g/mol. The predicted molar refractivity (Wildman–Crippen MR) is 103 cm³/mol. The zero-order valence-electron chi connectivity index (χ0n) is 14.6. The zero-order chi connectivity index (χ0) is 18.1. The summed E-state index contributed by atoms with van der Waals surface area (Å²) in [5, 5.41) is 11.6. The standard InChI is InChI=1S/C19H22N2O4.ClH/c1-2-12-21(14-19(23)24)13-18(22)20-15-8-10-17(11-9-15)25-16-6-4-3-5-7-16;/h3-11H,2,12-14H2,1H3,(H,20,22)(H,23,24);1H. The van der Waals surface area contributed by atoms with Gasteiger partial charge in [0.25, 0.3) is 0 Å². The van der Waals surface area contributed by atoms with Crippen LogP contribution < -0.4 is 10.1 Å². The molecule has 0 aromatic heterocycles. The minimum absolute atomic E-state index is 0. The second-order valence-electron chi connectivity index (χ2n) is 5.59. The molecule has 0 aliphatic carbocycles. The molecule has 0 atom stereocenters. The number of hydrogen-bond donors (Lipinski definition) is 2. The van der Waals surface area contributed by atoms with Crippen molar-refractivity contribution in [2.45, 2.75) is 13.3 Å². The molecule has 0 radical (unpaired) electrons. The van der Waals surface area contributed by atoms with Crippen molar-refractivity contribution >= 4 is 30.0 Å². The summed E-state index contributed by atoms with van der Waals surface area (Å²) in [7, 11) is 0. The summed E-state index contributed by atoms with van der Waals surface area (Å²) in [5.74, 6) is 0.223. The third-order valence-electron chi connectivity index (χ3n) is 3.38. The van der Waals surface area contributed by atoms with E-state index in [-0.39, 0.29) is 31.4 Å². The van der Waals surface area contributed by atoms with Crippen LogP contribution in [0.3, 0.4) is 0 Å². The van der Waals surface area contributed by atoms with Crippen LogP contribution in [0.15, 0.2) is 54.6 Å². The SMILES string of the molecule is CCCN(CC(=O)O)CC(=O)Nc1ccc(Oc2ccccc2)cc1.Cl. The minimum atomic E-state index is -0.941. The Balaban J connectivity index is 0.00000338. The molecule has 0 fully saturated rings. The zero-order valence-corrected chi connectivity index (χ0v) is 15.4. The number of ether oxygens (including phenoxy) is 1. The van der Waals surface area contributed by atoms with Crippen LogP contribution in [0.25, 0.3) is 0 Å². The first kappa shape index (κ1) is 21.5. The fourth-order valence-electron chi connectivity index (χ4n) is 2.36. The average Bonchev–Trinajstić information content (AvgIpc) is 2.57. The maximum absolute atomic E-state index is 12.1. The molecular formula is C19H23ClN2O4. The molecule has 0 bridgehead atoms. The van der Waals surface area contributed by atoms with Gasteiger partial charge in [-0.05, 0) is 49.4 Å². The van der Waals surface area contributed by atoms with E-state index in [0.717, 1.165) is 12.2 Å².